The molecule has 1 amide bonds. The molecule has 0 unspecified atom stereocenters. The highest BCUT2D eigenvalue weighted by atomic mass is 16.1. The van der Waals surface area contributed by atoms with Crippen molar-refractivity contribution in [3.05, 3.63) is 95.9 Å². The molecular formula is C32H38N8O. The van der Waals surface area contributed by atoms with E-state index in [0.717, 1.165) is 74.7 Å². The van der Waals surface area contributed by atoms with Crippen LogP contribution in [0.5, 0.6) is 0 Å². The molecule has 4 aromatic rings. The highest BCUT2D eigenvalue weighted by Crippen LogP contribution is 2.25. The van der Waals surface area contributed by atoms with Gasteiger partial charge in [0.2, 0.25) is 5.95 Å². The van der Waals surface area contributed by atoms with Crippen LogP contribution in [0.3, 0.4) is 0 Å². The summed E-state index contributed by atoms with van der Waals surface area (Å²) >= 11 is 0. The third-order valence-electron chi connectivity index (χ3n) is 7.37. The fraction of sp³-hybridized carbons (Fsp3) is 0.312. The highest BCUT2D eigenvalue weighted by molar-refractivity contribution is 6.04. The van der Waals surface area contributed by atoms with Gasteiger partial charge in [0.15, 0.2) is 0 Å². The van der Waals surface area contributed by atoms with E-state index in [2.05, 4.69) is 47.5 Å². The number of aromatic nitrogens is 3. The Bertz CT molecular complexity index is 1420. The number of unbranched alkanes of at least 4 members (excludes halogenated alkanes) is 1. The first-order valence-corrected chi connectivity index (χ1v) is 14.2. The number of piperazine rings is 1. The van der Waals surface area contributed by atoms with E-state index in [9.17, 15) is 4.79 Å². The number of amides is 1. The molecule has 2 aromatic carbocycles. The van der Waals surface area contributed by atoms with Crippen molar-refractivity contribution >= 4 is 23.2 Å². The van der Waals surface area contributed by atoms with Crippen LogP contribution in [0, 0.1) is 6.92 Å². The Morgan fingerprint density at radius 1 is 0.951 bits per heavy atom. The Balaban J connectivity index is 1.16. The van der Waals surface area contributed by atoms with Gasteiger partial charge < -0.3 is 21.3 Å². The predicted molar refractivity (Wildman–Crippen MR) is 164 cm³/mol. The van der Waals surface area contributed by atoms with Crippen molar-refractivity contribution in [2.75, 3.05) is 49.9 Å². The van der Waals surface area contributed by atoms with Crippen LogP contribution in [-0.2, 0) is 6.54 Å². The summed E-state index contributed by atoms with van der Waals surface area (Å²) in [4.78, 5) is 31.2. The number of carbonyl (C=O) groups is 1. The standard InChI is InChI=1S/C32H38N8O/c1-24-6-11-28(21-30(24)38-32-35-15-12-29(37-32)27-5-4-14-34-22-27)36-31(41)26-9-7-25(8-10-26)23-40-19-17-39(18-20-40)16-3-2-13-33/h4-12,14-15,21-22H,2-3,13,16-20,23,33H2,1H3,(H,36,41)(H,35,37,38). The number of hydrogen-bond donors (Lipinski definition) is 3. The second-order valence-electron chi connectivity index (χ2n) is 10.4. The van der Waals surface area contributed by atoms with Crippen LogP contribution in [0.2, 0.25) is 0 Å². The third kappa shape index (κ3) is 7.94. The molecule has 0 aliphatic carbocycles. The average molecular weight is 551 g/mol. The summed E-state index contributed by atoms with van der Waals surface area (Å²) in [6.45, 7) is 9.13. The maximum absolute atomic E-state index is 13.0. The van der Waals surface area contributed by atoms with E-state index in [1.54, 1.807) is 18.6 Å². The maximum atomic E-state index is 13.0. The molecule has 9 nitrogen and oxygen atoms in total. The van der Waals surface area contributed by atoms with E-state index >= 15 is 0 Å². The van der Waals surface area contributed by atoms with E-state index in [4.69, 9.17) is 5.73 Å². The molecule has 0 atom stereocenters. The Morgan fingerprint density at radius 2 is 1.76 bits per heavy atom. The van der Waals surface area contributed by atoms with Gasteiger partial charge in [-0.25, -0.2) is 9.97 Å². The monoisotopic (exact) mass is 550 g/mol. The van der Waals surface area contributed by atoms with Gasteiger partial charge in [0.05, 0.1) is 5.69 Å². The highest BCUT2D eigenvalue weighted by Gasteiger charge is 2.17. The molecular weight excluding hydrogens is 512 g/mol. The smallest absolute Gasteiger partial charge is 0.255 e. The zero-order valence-corrected chi connectivity index (χ0v) is 23.6. The molecule has 1 aliphatic rings. The van der Waals surface area contributed by atoms with Crippen molar-refractivity contribution in [1.82, 2.24) is 24.8 Å². The van der Waals surface area contributed by atoms with E-state index < -0.39 is 0 Å². The lowest BCUT2D eigenvalue weighted by molar-refractivity contribution is 0.102. The van der Waals surface area contributed by atoms with Gasteiger partial charge >= 0.3 is 0 Å². The van der Waals surface area contributed by atoms with Crippen molar-refractivity contribution in [3.63, 3.8) is 0 Å². The van der Waals surface area contributed by atoms with Gasteiger partial charge in [-0.15, -0.1) is 0 Å². The summed E-state index contributed by atoms with van der Waals surface area (Å²) in [7, 11) is 0. The number of hydrogen-bond acceptors (Lipinski definition) is 8. The fourth-order valence-electron chi connectivity index (χ4n) is 4.92. The Labute approximate surface area is 241 Å². The number of aryl methyl sites for hydroxylation is 1. The molecule has 0 spiro atoms. The van der Waals surface area contributed by atoms with E-state index in [-0.39, 0.29) is 5.91 Å². The maximum Gasteiger partial charge on any atom is 0.255 e. The number of nitrogens with two attached hydrogens (primary N) is 1. The number of benzene rings is 2. The Hall–Kier alpha value is -4.18. The van der Waals surface area contributed by atoms with Gasteiger partial charge in [-0.2, -0.15) is 0 Å². The van der Waals surface area contributed by atoms with Crippen molar-refractivity contribution in [1.29, 1.82) is 0 Å². The second-order valence-corrected chi connectivity index (χ2v) is 10.4. The minimum Gasteiger partial charge on any atom is -0.330 e. The normalized spacial score (nSPS) is 14.1. The fourth-order valence-corrected chi connectivity index (χ4v) is 4.92. The molecule has 212 valence electrons. The second kappa shape index (κ2) is 13.9. The molecule has 1 fully saturated rings. The lowest BCUT2D eigenvalue weighted by Gasteiger charge is -2.34. The number of anilines is 3. The molecule has 3 heterocycles. The van der Waals surface area contributed by atoms with Crippen LogP contribution >= 0.6 is 0 Å². The summed E-state index contributed by atoms with van der Waals surface area (Å²) < 4.78 is 0. The van der Waals surface area contributed by atoms with Crippen molar-refractivity contribution < 1.29 is 4.79 Å². The van der Waals surface area contributed by atoms with Gasteiger partial charge in [0.1, 0.15) is 0 Å². The summed E-state index contributed by atoms with van der Waals surface area (Å²) in [5.74, 6) is 0.328. The Morgan fingerprint density at radius 3 is 2.51 bits per heavy atom. The molecule has 1 aliphatic heterocycles. The van der Waals surface area contributed by atoms with E-state index in [1.807, 2.05) is 55.5 Å². The topological polar surface area (TPSA) is 112 Å². The first-order valence-electron chi connectivity index (χ1n) is 14.2. The summed E-state index contributed by atoms with van der Waals surface area (Å²) in [5.41, 5.74) is 11.7. The molecule has 9 heteroatoms. The first kappa shape index (κ1) is 28.4. The molecule has 2 aromatic heterocycles. The molecule has 1 saturated heterocycles. The number of pyridine rings is 1. The lowest BCUT2D eigenvalue weighted by atomic mass is 10.1. The molecule has 0 bridgehead atoms. The van der Waals surface area contributed by atoms with Crippen LogP contribution in [0.1, 0.15) is 34.3 Å². The van der Waals surface area contributed by atoms with Crippen LogP contribution in [0.15, 0.2) is 79.3 Å². The summed E-state index contributed by atoms with van der Waals surface area (Å²) in [6.07, 6.45) is 7.49. The van der Waals surface area contributed by atoms with Crippen LogP contribution in [0.4, 0.5) is 17.3 Å². The minimum atomic E-state index is -0.146. The minimum absolute atomic E-state index is 0.146. The van der Waals surface area contributed by atoms with E-state index in [0.29, 0.717) is 17.2 Å². The molecule has 0 radical (unpaired) electrons. The van der Waals surface area contributed by atoms with Crippen LogP contribution < -0.4 is 16.4 Å². The summed E-state index contributed by atoms with van der Waals surface area (Å²) in [5, 5.41) is 6.31. The predicted octanol–water partition coefficient (Wildman–Crippen LogP) is 4.70. The number of rotatable bonds is 11. The lowest BCUT2D eigenvalue weighted by Crippen LogP contribution is -2.46. The number of carbonyl (C=O) groups excluding carboxylic acids is 1. The van der Waals surface area contributed by atoms with Gasteiger partial charge in [0, 0.05) is 73.8 Å². The zero-order chi connectivity index (χ0) is 28.4. The Kier molecular flexibility index (Phi) is 9.64. The molecule has 0 saturated carbocycles. The van der Waals surface area contributed by atoms with Crippen molar-refractivity contribution in [2.24, 2.45) is 5.73 Å². The van der Waals surface area contributed by atoms with Crippen molar-refractivity contribution in [3.8, 4) is 11.3 Å². The van der Waals surface area contributed by atoms with Crippen LogP contribution in [-0.4, -0.2) is 69.9 Å². The first-order chi connectivity index (χ1) is 20.1. The average Bonchev–Trinajstić information content (AvgIpc) is 3.01. The van der Waals surface area contributed by atoms with E-state index in [1.165, 1.54) is 12.0 Å². The molecule has 5 rings (SSSR count). The number of nitrogens with one attached hydrogen (secondary N) is 2. The molecule has 4 N–H and O–H groups in total. The molecule has 41 heavy (non-hydrogen) atoms. The SMILES string of the molecule is Cc1ccc(NC(=O)c2ccc(CN3CCN(CCCCN)CC3)cc2)cc1Nc1nccc(-c2cccnc2)n1. The summed E-state index contributed by atoms with van der Waals surface area (Å²) in [6, 6.07) is 19.4. The van der Waals surface area contributed by atoms with Gasteiger partial charge in [0.25, 0.3) is 5.91 Å². The van der Waals surface area contributed by atoms with Crippen LogP contribution in [0.25, 0.3) is 11.3 Å². The zero-order valence-electron chi connectivity index (χ0n) is 23.6. The van der Waals surface area contributed by atoms with Crippen molar-refractivity contribution in [2.45, 2.75) is 26.3 Å². The third-order valence-corrected chi connectivity index (χ3v) is 7.37. The largest absolute Gasteiger partial charge is 0.330 e. The van der Waals surface area contributed by atoms with Gasteiger partial charge in [-0.1, -0.05) is 18.2 Å². The van der Waals surface area contributed by atoms with Gasteiger partial charge in [-0.05, 0) is 86.4 Å². The number of nitrogens with zero attached hydrogens (tertiary/aromatic N) is 5. The quantitative estimate of drug-likeness (QED) is 0.231. The van der Waals surface area contributed by atoms with Gasteiger partial charge in [-0.3, -0.25) is 14.7 Å².